The van der Waals surface area contributed by atoms with Gasteiger partial charge < -0.3 is 19.5 Å². The highest BCUT2D eigenvalue weighted by atomic mass is 16.5. The quantitative estimate of drug-likeness (QED) is 0.874. The number of fused-ring (bicyclic) bond motifs is 1. The largest absolute Gasteiger partial charge is 0.480 e. The fraction of sp³-hybridized carbons (Fsp3) is 0.588. The van der Waals surface area contributed by atoms with E-state index >= 15 is 0 Å². The van der Waals surface area contributed by atoms with Gasteiger partial charge in [0.05, 0.1) is 17.7 Å². The fourth-order valence-electron chi connectivity index (χ4n) is 3.91. The number of nitrogens with zero attached hydrogens (tertiary/aromatic N) is 2. The second kappa shape index (κ2) is 6.86. The lowest BCUT2D eigenvalue weighted by Crippen LogP contribution is -2.53. The first-order chi connectivity index (χ1) is 11.6. The Morgan fingerprint density at radius 3 is 2.79 bits per heavy atom. The molecule has 1 aromatic heterocycles. The van der Waals surface area contributed by atoms with E-state index in [0.29, 0.717) is 18.5 Å². The molecule has 7 heteroatoms. The molecule has 1 saturated heterocycles. The molecule has 1 N–H and O–H groups in total. The third-order valence-corrected chi connectivity index (χ3v) is 5.17. The Morgan fingerprint density at radius 1 is 1.38 bits per heavy atom. The van der Waals surface area contributed by atoms with Gasteiger partial charge in [0, 0.05) is 31.6 Å². The van der Waals surface area contributed by atoms with Gasteiger partial charge in [0.25, 0.3) is 5.91 Å². The highest BCUT2D eigenvalue weighted by Gasteiger charge is 2.52. The third kappa shape index (κ3) is 3.14. The smallest absolute Gasteiger partial charge is 0.329 e. The maximum Gasteiger partial charge on any atom is 0.329 e. The Morgan fingerprint density at radius 2 is 2.12 bits per heavy atom. The number of ether oxygens (including phenoxy) is 2. The second-order valence-electron chi connectivity index (χ2n) is 6.37. The summed E-state index contributed by atoms with van der Waals surface area (Å²) in [7, 11) is 1.69. The van der Waals surface area contributed by atoms with Gasteiger partial charge in [-0.1, -0.05) is 0 Å². The van der Waals surface area contributed by atoms with Gasteiger partial charge in [-0.05, 0) is 37.8 Å². The van der Waals surface area contributed by atoms with Gasteiger partial charge in [-0.25, -0.2) is 4.79 Å². The minimum absolute atomic E-state index is 0.0415. The molecular weight excluding hydrogens is 312 g/mol. The van der Waals surface area contributed by atoms with E-state index in [0.717, 1.165) is 19.3 Å². The Kier molecular flexibility index (Phi) is 4.82. The molecule has 7 nitrogen and oxygen atoms in total. The number of hydrogen-bond acceptors (Lipinski definition) is 5. The van der Waals surface area contributed by atoms with Crippen molar-refractivity contribution in [1.29, 1.82) is 0 Å². The lowest BCUT2D eigenvalue weighted by Gasteiger charge is -2.43. The van der Waals surface area contributed by atoms with Crippen LogP contribution >= 0.6 is 0 Å². The molecule has 1 saturated carbocycles. The molecule has 2 aliphatic rings. The van der Waals surface area contributed by atoms with Crippen LogP contribution in [0.2, 0.25) is 0 Å². The van der Waals surface area contributed by atoms with Crippen LogP contribution in [0.4, 0.5) is 0 Å². The normalized spacial score (nSPS) is 29.3. The number of carbonyl (C=O) groups excluding carboxylic acids is 1. The molecule has 130 valence electrons. The number of aliphatic carboxylic acids is 1. The summed E-state index contributed by atoms with van der Waals surface area (Å²) in [5, 5.41) is 8.80. The van der Waals surface area contributed by atoms with Crippen LogP contribution in [0, 0.1) is 0 Å². The predicted molar refractivity (Wildman–Crippen MR) is 84.6 cm³/mol. The fourth-order valence-corrected chi connectivity index (χ4v) is 3.91. The van der Waals surface area contributed by atoms with Gasteiger partial charge in [-0.3, -0.25) is 9.78 Å². The molecule has 1 aliphatic heterocycles. The number of likely N-dealkylation sites (tertiary alicyclic amines) is 1. The van der Waals surface area contributed by atoms with E-state index < -0.39 is 5.97 Å². The zero-order valence-corrected chi connectivity index (χ0v) is 13.7. The van der Waals surface area contributed by atoms with Crippen LogP contribution in [0.25, 0.3) is 0 Å². The Hall–Kier alpha value is -1.99. The van der Waals surface area contributed by atoms with E-state index in [4.69, 9.17) is 14.6 Å². The van der Waals surface area contributed by atoms with Gasteiger partial charge in [0.1, 0.15) is 6.61 Å². The zero-order chi connectivity index (χ0) is 17.2. The van der Waals surface area contributed by atoms with Crippen LogP contribution in [0.5, 0.6) is 0 Å². The minimum Gasteiger partial charge on any atom is -0.480 e. The van der Waals surface area contributed by atoms with Crippen LogP contribution in [-0.4, -0.2) is 64.9 Å². The number of carbonyl (C=O) groups is 2. The maximum absolute atomic E-state index is 12.8. The van der Waals surface area contributed by atoms with E-state index in [1.165, 1.54) is 0 Å². The molecular formula is C17H22N2O5. The molecule has 0 unspecified atom stereocenters. The van der Waals surface area contributed by atoms with Gasteiger partial charge in [-0.2, -0.15) is 0 Å². The van der Waals surface area contributed by atoms with E-state index in [-0.39, 0.29) is 30.3 Å². The van der Waals surface area contributed by atoms with Crippen LogP contribution in [-0.2, 0) is 14.3 Å². The summed E-state index contributed by atoms with van der Waals surface area (Å²) in [5.74, 6) is -1.02. The van der Waals surface area contributed by atoms with Crippen molar-refractivity contribution in [2.24, 2.45) is 0 Å². The summed E-state index contributed by atoms with van der Waals surface area (Å²) in [5.41, 5.74) is 0.247. The van der Waals surface area contributed by atoms with E-state index in [1.807, 2.05) is 4.90 Å². The van der Waals surface area contributed by atoms with Gasteiger partial charge in [0.2, 0.25) is 0 Å². The summed E-state index contributed by atoms with van der Waals surface area (Å²) < 4.78 is 11.3. The van der Waals surface area contributed by atoms with Crippen LogP contribution in [0.1, 0.15) is 36.0 Å². The van der Waals surface area contributed by atoms with Crippen molar-refractivity contribution in [3.8, 4) is 0 Å². The van der Waals surface area contributed by atoms with Crippen LogP contribution < -0.4 is 0 Å². The number of hydrogen-bond donors (Lipinski definition) is 1. The van der Waals surface area contributed by atoms with E-state index in [2.05, 4.69) is 4.98 Å². The number of amides is 1. The second-order valence-corrected chi connectivity index (χ2v) is 6.37. The highest BCUT2D eigenvalue weighted by Crippen LogP contribution is 2.43. The zero-order valence-electron chi connectivity index (χ0n) is 13.7. The molecule has 1 amide bonds. The number of carboxylic acid groups (broad SMARTS) is 1. The Labute approximate surface area is 140 Å². The molecule has 0 bridgehead atoms. The summed E-state index contributed by atoms with van der Waals surface area (Å²) >= 11 is 0. The summed E-state index contributed by atoms with van der Waals surface area (Å²) in [6, 6.07) is 3.31. The molecule has 2 heterocycles. The molecule has 24 heavy (non-hydrogen) atoms. The van der Waals surface area contributed by atoms with Gasteiger partial charge in [-0.15, -0.1) is 0 Å². The van der Waals surface area contributed by atoms with Crippen LogP contribution in [0.3, 0.4) is 0 Å². The predicted octanol–water partition coefficient (Wildman–Crippen LogP) is 1.33. The van der Waals surface area contributed by atoms with Gasteiger partial charge in [0.15, 0.2) is 0 Å². The molecule has 1 aliphatic carbocycles. The summed E-state index contributed by atoms with van der Waals surface area (Å²) in [4.78, 5) is 29.4. The first kappa shape index (κ1) is 16.9. The topological polar surface area (TPSA) is 89.0 Å². The average Bonchev–Trinajstić information content (AvgIpc) is 2.99. The lowest BCUT2D eigenvalue weighted by molar-refractivity contribution is -0.148. The molecule has 3 rings (SSSR count). The van der Waals surface area contributed by atoms with E-state index in [1.54, 1.807) is 31.6 Å². The minimum atomic E-state index is -0.977. The monoisotopic (exact) mass is 334 g/mol. The third-order valence-electron chi connectivity index (χ3n) is 5.17. The number of rotatable bonds is 5. The number of pyridine rings is 1. The van der Waals surface area contributed by atoms with Gasteiger partial charge >= 0.3 is 5.97 Å². The first-order valence-corrected chi connectivity index (χ1v) is 8.15. The van der Waals surface area contributed by atoms with E-state index in [9.17, 15) is 9.59 Å². The number of aromatic nitrogens is 1. The van der Waals surface area contributed by atoms with Crippen molar-refractivity contribution in [3.05, 3.63) is 30.1 Å². The highest BCUT2D eigenvalue weighted by molar-refractivity contribution is 5.94. The van der Waals surface area contributed by atoms with Crippen molar-refractivity contribution < 1.29 is 24.2 Å². The SMILES string of the molecule is CO[C@@]12CC[C@@H](OCC(=O)O)C[C@@H]1N(C(=O)c1ccncc1)CC2. The Balaban J connectivity index is 1.77. The molecule has 0 aromatic carbocycles. The summed E-state index contributed by atoms with van der Waals surface area (Å²) in [6.07, 6.45) is 5.93. The summed E-state index contributed by atoms with van der Waals surface area (Å²) in [6.45, 7) is 0.320. The van der Waals surface area contributed by atoms with Crippen molar-refractivity contribution in [1.82, 2.24) is 9.88 Å². The molecule has 3 atom stereocenters. The van der Waals surface area contributed by atoms with Crippen molar-refractivity contribution in [3.63, 3.8) is 0 Å². The first-order valence-electron chi connectivity index (χ1n) is 8.15. The molecule has 1 aromatic rings. The van der Waals surface area contributed by atoms with Crippen molar-refractivity contribution in [2.45, 2.75) is 43.4 Å². The van der Waals surface area contributed by atoms with Crippen molar-refractivity contribution in [2.75, 3.05) is 20.3 Å². The average molecular weight is 334 g/mol. The Bertz CT molecular complexity index is 608. The number of methoxy groups -OCH3 is 1. The number of carboxylic acids is 1. The van der Waals surface area contributed by atoms with Crippen molar-refractivity contribution >= 4 is 11.9 Å². The molecule has 0 radical (unpaired) electrons. The standard InChI is InChI=1S/C17H22N2O5/c1-23-17-5-2-13(24-11-15(20)21)10-14(17)19(9-6-17)16(22)12-3-7-18-8-4-12/h3-4,7-8,13-14H,2,5-6,9-11H2,1H3,(H,20,21)/t13-,14+,17-/m1/s1. The lowest BCUT2D eigenvalue weighted by atomic mass is 9.79. The molecule has 2 fully saturated rings. The van der Waals surface area contributed by atoms with Crippen LogP contribution in [0.15, 0.2) is 24.5 Å². The maximum atomic E-state index is 12.8. The molecule has 0 spiro atoms.